The van der Waals surface area contributed by atoms with E-state index >= 15 is 0 Å². The minimum Gasteiger partial charge on any atom is -0.479 e. The number of rotatable bonds is 7. The van der Waals surface area contributed by atoms with Crippen LogP contribution in [0.4, 0.5) is 11.4 Å². The Balaban J connectivity index is 1.78. The Bertz CT molecular complexity index is 817. The van der Waals surface area contributed by atoms with E-state index in [2.05, 4.69) is 10.6 Å². The van der Waals surface area contributed by atoms with Crippen molar-refractivity contribution in [1.29, 1.82) is 0 Å². The second-order valence-electron chi connectivity index (χ2n) is 5.99. The molecule has 0 aliphatic carbocycles. The van der Waals surface area contributed by atoms with Gasteiger partial charge in [0.15, 0.2) is 12.7 Å². The lowest BCUT2D eigenvalue weighted by atomic mass is 10.2. The van der Waals surface area contributed by atoms with Crippen LogP contribution >= 0.6 is 0 Å². The van der Waals surface area contributed by atoms with Crippen LogP contribution < -0.4 is 15.4 Å². The van der Waals surface area contributed by atoms with E-state index in [1.807, 2.05) is 19.1 Å². The van der Waals surface area contributed by atoms with Gasteiger partial charge in [-0.15, -0.1) is 0 Å². The Labute approximate surface area is 157 Å². The Hall–Kier alpha value is -3.35. The molecule has 27 heavy (non-hydrogen) atoms. The highest BCUT2D eigenvalue weighted by atomic mass is 16.6. The second kappa shape index (κ2) is 9.38. The average Bonchev–Trinajstić information content (AvgIpc) is 2.61. The van der Waals surface area contributed by atoms with E-state index < -0.39 is 24.6 Å². The van der Waals surface area contributed by atoms with Gasteiger partial charge in [0.25, 0.3) is 5.91 Å². The lowest BCUT2D eigenvalue weighted by molar-refractivity contribution is -0.153. The topological polar surface area (TPSA) is 93.7 Å². The first-order chi connectivity index (χ1) is 12.8. The van der Waals surface area contributed by atoms with Crippen LogP contribution in [-0.4, -0.2) is 30.5 Å². The third-order valence-corrected chi connectivity index (χ3v) is 3.47. The Morgan fingerprint density at radius 2 is 1.63 bits per heavy atom. The minimum atomic E-state index is -0.837. The molecule has 0 heterocycles. The van der Waals surface area contributed by atoms with Crippen molar-refractivity contribution in [2.24, 2.45) is 0 Å². The number of amides is 2. The SMILES string of the molecule is CC(=O)Nc1ccc(NC(=O)COC(=O)[C@@H](C)Oc2cccc(C)c2)cc1. The minimum absolute atomic E-state index is 0.180. The molecule has 0 fully saturated rings. The molecule has 142 valence electrons. The van der Waals surface area contributed by atoms with Crippen molar-refractivity contribution in [3.8, 4) is 5.75 Å². The quantitative estimate of drug-likeness (QED) is 0.731. The number of benzene rings is 2. The van der Waals surface area contributed by atoms with Crippen molar-refractivity contribution in [3.63, 3.8) is 0 Å². The summed E-state index contributed by atoms with van der Waals surface area (Å²) < 4.78 is 10.5. The predicted molar refractivity (Wildman–Crippen MR) is 102 cm³/mol. The van der Waals surface area contributed by atoms with Crippen LogP contribution in [0.15, 0.2) is 48.5 Å². The van der Waals surface area contributed by atoms with Gasteiger partial charge in [-0.3, -0.25) is 9.59 Å². The molecule has 0 aliphatic heterocycles. The second-order valence-corrected chi connectivity index (χ2v) is 5.99. The van der Waals surface area contributed by atoms with Crippen molar-refractivity contribution in [1.82, 2.24) is 0 Å². The van der Waals surface area contributed by atoms with E-state index in [4.69, 9.17) is 9.47 Å². The number of hydrogen-bond acceptors (Lipinski definition) is 5. The Morgan fingerprint density at radius 1 is 1.00 bits per heavy atom. The number of anilines is 2. The van der Waals surface area contributed by atoms with Gasteiger partial charge in [-0.2, -0.15) is 0 Å². The van der Waals surface area contributed by atoms with Crippen LogP contribution in [-0.2, 0) is 19.1 Å². The van der Waals surface area contributed by atoms with Gasteiger partial charge in [0, 0.05) is 18.3 Å². The van der Waals surface area contributed by atoms with E-state index in [0.29, 0.717) is 17.1 Å². The molecule has 2 aromatic carbocycles. The van der Waals surface area contributed by atoms with Crippen LogP contribution in [0.1, 0.15) is 19.4 Å². The van der Waals surface area contributed by atoms with Gasteiger partial charge in [0.1, 0.15) is 5.75 Å². The molecular formula is C20H22N2O5. The number of carbonyl (C=O) groups is 3. The number of aryl methyl sites for hydroxylation is 1. The molecule has 2 rings (SSSR count). The molecule has 2 aromatic rings. The van der Waals surface area contributed by atoms with E-state index in [1.165, 1.54) is 6.92 Å². The zero-order valence-electron chi connectivity index (χ0n) is 15.4. The van der Waals surface area contributed by atoms with Gasteiger partial charge in [0.05, 0.1) is 0 Å². The van der Waals surface area contributed by atoms with Gasteiger partial charge in [-0.1, -0.05) is 12.1 Å². The van der Waals surface area contributed by atoms with Crippen molar-refractivity contribution in [2.75, 3.05) is 17.2 Å². The van der Waals surface area contributed by atoms with Gasteiger partial charge in [-0.05, 0) is 55.8 Å². The van der Waals surface area contributed by atoms with Gasteiger partial charge in [-0.25, -0.2) is 4.79 Å². The molecule has 0 radical (unpaired) electrons. The molecule has 0 saturated carbocycles. The lowest BCUT2D eigenvalue weighted by Crippen LogP contribution is -2.29. The monoisotopic (exact) mass is 370 g/mol. The summed E-state index contributed by atoms with van der Waals surface area (Å²) in [5.41, 5.74) is 2.15. The highest BCUT2D eigenvalue weighted by Gasteiger charge is 2.18. The highest BCUT2D eigenvalue weighted by Crippen LogP contribution is 2.15. The number of carbonyl (C=O) groups excluding carboxylic acids is 3. The van der Waals surface area contributed by atoms with Gasteiger partial charge >= 0.3 is 5.97 Å². The van der Waals surface area contributed by atoms with Crippen LogP contribution in [0.3, 0.4) is 0 Å². The van der Waals surface area contributed by atoms with Crippen molar-refractivity contribution in [3.05, 3.63) is 54.1 Å². The molecule has 0 aromatic heterocycles. The summed E-state index contributed by atoms with van der Waals surface area (Å²) in [6, 6.07) is 13.9. The molecule has 0 saturated heterocycles. The number of esters is 1. The fourth-order valence-corrected chi connectivity index (χ4v) is 2.23. The fourth-order valence-electron chi connectivity index (χ4n) is 2.23. The van der Waals surface area contributed by atoms with Crippen LogP contribution in [0.5, 0.6) is 5.75 Å². The summed E-state index contributed by atoms with van der Waals surface area (Å²) in [6.07, 6.45) is -0.837. The fraction of sp³-hybridized carbons (Fsp3) is 0.250. The molecule has 2 N–H and O–H groups in total. The van der Waals surface area contributed by atoms with E-state index in [9.17, 15) is 14.4 Å². The molecule has 7 nitrogen and oxygen atoms in total. The van der Waals surface area contributed by atoms with Crippen LogP contribution in [0.2, 0.25) is 0 Å². The summed E-state index contributed by atoms with van der Waals surface area (Å²) >= 11 is 0. The molecule has 0 bridgehead atoms. The van der Waals surface area contributed by atoms with Gasteiger partial charge < -0.3 is 20.1 Å². The summed E-state index contributed by atoms with van der Waals surface area (Å²) in [4.78, 5) is 34.8. The first-order valence-electron chi connectivity index (χ1n) is 8.41. The van der Waals surface area contributed by atoms with E-state index in [-0.39, 0.29) is 5.91 Å². The predicted octanol–water partition coefficient (Wildman–Crippen LogP) is 2.90. The number of hydrogen-bond donors (Lipinski definition) is 2. The molecule has 0 unspecified atom stereocenters. The molecule has 7 heteroatoms. The summed E-state index contributed by atoms with van der Waals surface area (Å²) in [6.45, 7) is 4.47. The number of ether oxygens (including phenoxy) is 2. The molecule has 0 spiro atoms. The Kier molecular flexibility index (Phi) is 6.93. The standard InChI is InChI=1S/C20H22N2O5/c1-13-5-4-6-18(11-13)27-14(2)20(25)26-12-19(24)22-17-9-7-16(8-10-17)21-15(3)23/h4-11,14H,12H2,1-3H3,(H,21,23)(H,22,24)/t14-/m1/s1. The largest absolute Gasteiger partial charge is 0.479 e. The molecular weight excluding hydrogens is 348 g/mol. The molecule has 1 atom stereocenters. The first-order valence-corrected chi connectivity index (χ1v) is 8.41. The Morgan fingerprint density at radius 3 is 2.22 bits per heavy atom. The lowest BCUT2D eigenvalue weighted by Gasteiger charge is -2.14. The van der Waals surface area contributed by atoms with Crippen LogP contribution in [0.25, 0.3) is 0 Å². The van der Waals surface area contributed by atoms with Crippen molar-refractivity contribution >= 4 is 29.2 Å². The first kappa shape index (κ1) is 20.0. The van der Waals surface area contributed by atoms with Crippen LogP contribution in [0, 0.1) is 6.92 Å². The third-order valence-electron chi connectivity index (χ3n) is 3.47. The summed E-state index contributed by atoms with van der Waals surface area (Å²) in [5.74, 6) is -0.727. The maximum atomic E-state index is 12.0. The zero-order valence-corrected chi connectivity index (χ0v) is 15.4. The zero-order chi connectivity index (χ0) is 19.8. The smallest absolute Gasteiger partial charge is 0.347 e. The summed E-state index contributed by atoms with van der Waals surface area (Å²) in [5, 5.41) is 5.23. The highest BCUT2D eigenvalue weighted by molar-refractivity contribution is 5.94. The number of nitrogens with one attached hydrogen (secondary N) is 2. The normalized spacial score (nSPS) is 11.2. The van der Waals surface area contributed by atoms with Gasteiger partial charge in [0.2, 0.25) is 5.91 Å². The average molecular weight is 370 g/mol. The van der Waals surface area contributed by atoms with E-state index in [0.717, 1.165) is 5.56 Å². The maximum absolute atomic E-state index is 12.0. The van der Waals surface area contributed by atoms with Crippen molar-refractivity contribution in [2.45, 2.75) is 26.9 Å². The molecule has 2 amide bonds. The maximum Gasteiger partial charge on any atom is 0.347 e. The molecule has 0 aliphatic rings. The van der Waals surface area contributed by atoms with Crippen molar-refractivity contribution < 1.29 is 23.9 Å². The summed E-state index contributed by atoms with van der Waals surface area (Å²) in [7, 11) is 0. The third kappa shape index (κ3) is 6.81. The van der Waals surface area contributed by atoms with E-state index in [1.54, 1.807) is 43.3 Å².